The van der Waals surface area contributed by atoms with Crippen LogP contribution in [0.4, 0.5) is 17.6 Å². The van der Waals surface area contributed by atoms with Gasteiger partial charge in [0, 0.05) is 43.9 Å². The summed E-state index contributed by atoms with van der Waals surface area (Å²) >= 11 is 0. The molecule has 0 unspecified atom stereocenters. The van der Waals surface area contributed by atoms with Crippen molar-refractivity contribution in [2.24, 2.45) is 0 Å². The van der Waals surface area contributed by atoms with Crippen LogP contribution in [0.1, 0.15) is 18.0 Å². The molecule has 0 spiro atoms. The second-order valence-electron chi connectivity index (χ2n) is 5.23. The molecule has 1 aliphatic heterocycles. The molecule has 1 aromatic carbocycles. The smallest absolute Gasteiger partial charge is 0.496 e. The lowest BCUT2D eigenvalue weighted by Gasteiger charge is -2.35. The molecular weight excluding hydrogens is 316 g/mol. The number of hydrogen-bond acceptors (Lipinski definition) is 4. The van der Waals surface area contributed by atoms with Crippen molar-refractivity contribution in [3.63, 3.8) is 0 Å². The highest BCUT2D eigenvalue weighted by atomic mass is 19.4. The minimum atomic E-state index is -4.76. The lowest BCUT2D eigenvalue weighted by molar-refractivity contribution is -0.274. The number of ether oxygens (including phenoxy) is 2. The maximum absolute atomic E-state index is 13.0. The Labute approximate surface area is 132 Å². The summed E-state index contributed by atoms with van der Waals surface area (Å²) in [4.78, 5) is 2.11. The Morgan fingerprint density at radius 2 is 1.96 bits per heavy atom. The van der Waals surface area contributed by atoms with Crippen molar-refractivity contribution in [2.45, 2.75) is 18.8 Å². The van der Waals surface area contributed by atoms with E-state index in [1.165, 1.54) is 25.3 Å². The molecule has 1 N–H and O–H groups in total. The van der Waals surface area contributed by atoms with Crippen LogP contribution in [0, 0.1) is 0 Å². The van der Waals surface area contributed by atoms with Gasteiger partial charge in [0.1, 0.15) is 11.5 Å². The van der Waals surface area contributed by atoms with Gasteiger partial charge in [-0.05, 0) is 12.5 Å². The first-order valence-electron chi connectivity index (χ1n) is 7.39. The molecule has 0 amide bonds. The summed E-state index contributed by atoms with van der Waals surface area (Å²) in [5.41, 5.74) is 0.668. The van der Waals surface area contributed by atoms with Gasteiger partial charge in [-0.3, -0.25) is 9.29 Å². The Kier molecular flexibility index (Phi) is 6.06. The summed E-state index contributed by atoms with van der Waals surface area (Å²) in [6, 6.07) is 3.70. The van der Waals surface area contributed by atoms with Gasteiger partial charge in [0.25, 0.3) is 0 Å². The number of piperazine rings is 1. The highest BCUT2D eigenvalue weighted by Gasteiger charge is 2.32. The highest BCUT2D eigenvalue weighted by molar-refractivity contribution is 5.42. The molecular formula is C15H20F4N2O2. The van der Waals surface area contributed by atoms with Crippen molar-refractivity contribution in [1.29, 1.82) is 0 Å². The largest absolute Gasteiger partial charge is 0.573 e. The minimum absolute atomic E-state index is 0.239. The average molecular weight is 336 g/mol. The van der Waals surface area contributed by atoms with Crippen LogP contribution in [0.25, 0.3) is 0 Å². The molecule has 1 saturated heterocycles. The number of nitrogens with one attached hydrogen (secondary N) is 1. The maximum Gasteiger partial charge on any atom is 0.573 e. The molecule has 2 rings (SSSR count). The van der Waals surface area contributed by atoms with Crippen LogP contribution in [0.15, 0.2) is 18.2 Å². The first-order chi connectivity index (χ1) is 10.9. The van der Waals surface area contributed by atoms with E-state index in [4.69, 9.17) is 4.74 Å². The van der Waals surface area contributed by atoms with Gasteiger partial charge in [0.2, 0.25) is 0 Å². The molecule has 8 heteroatoms. The molecule has 1 heterocycles. The first kappa shape index (κ1) is 17.8. The molecule has 0 aliphatic carbocycles. The van der Waals surface area contributed by atoms with E-state index in [1.54, 1.807) is 0 Å². The third-order valence-corrected chi connectivity index (χ3v) is 3.77. The summed E-state index contributed by atoms with van der Waals surface area (Å²) in [5, 5.41) is 3.21. The molecule has 1 atom stereocenters. The lowest BCUT2D eigenvalue weighted by Crippen LogP contribution is -2.45. The summed E-state index contributed by atoms with van der Waals surface area (Å²) < 4.78 is 59.0. The van der Waals surface area contributed by atoms with Crippen molar-refractivity contribution in [1.82, 2.24) is 10.2 Å². The van der Waals surface area contributed by atoms with E-state index < -0.39 is 13.0 Å². The van der Waals surface area contributed by atoms with Gasteiger partial charge in [-0.2, -0.15) is 0 Å². The van der Waals surface area contributed by atoms with Crippen molar-refractivity contribution in [3.05, 3.63) is 23.8 Å². The van der Waals surface area contributed by atoms with Crippen molar-refractivity contribution >= 4 is 0 Å². The molecule has 1 aromatic rings. The predicted octanol–water partition coefficient (Wildman–Crippen LogP) is 2.90. The number of hydrogen-bond donors (Lipinski definition) is 1. The second kappa shape index (κ2) is 7.83. The predicted molar refractivity (Wildman–Crippen MR) is 77.5 cm³/mol. The summed E-state index contributed by atoms with van der Waals surface area (Å²) in [6.45, 7) is 2.56. The Balaban J connectivity index is 2.26. The van der Waals surface area contributed by atoms with Crippen LogP contribution in [0.3, 0.4) is 0 Å². The first-order valence-corrected chi connectivity index (χ1v) is 7.39. The zero-order chi connectivity index (χ0) is 16.9. The van der Waals surface area contributed by atoms with Crippen LogP contribution in [0.2, 0.25) is 0 Å². The normalized spacial score (nSPS) is 17.8. The number of rotatable bonds is 6. The molecule has 1 aliphatic rings. The van der Waals surface area contributed by atoms with Gasteiger partial charge in [0.15, 0.2) is 0 Å². The molecule has 0 radical (unpaired) electrons. The zero-order valence-electron chi connectivity index (χ0n) is 12.8. The standard InChI is InChI=1S/C15H20F4N2O2/c1-22-14-10-11(23-15(17,18)19)2-3-12(14)13(4-5-16)21-8-6-20-7-9-21/h2-3,10,13,20H,4-9H2,1H3/t13-/m0/s1. The van der Waals surface area contributed by atoms with Crippen LogP contribution in [-0.2, 0) is 0 Å². The maximum atomic E-state index is 13.0. The van der Waals surface area contributed by atoms with E-state index in [0.29, 0.717) is 5.56 Å². The Hall–Kier alpha value is -1.54. The number of alkyl halides is 4. The van der Waals surface area contributed by atoms with Crippen LogP contribution in [0.5, 0.6) is 11.5 Å². The van der Waals surface area contributed by atoms with E-state index >= 15 is 0 Å². The molecule has 0 bridgehead atoms. The Bertz CT molecular complexity index is 505. The van der Waals surface area contributed by atoms with Gasteiger partial charge in [-0.25, -0.2) is 0 Å². The third kappa shape index (κ3) is 4.97. The Morgan fingerprint density at radius 1 is 1.26 bits per heavy atom. The molecule has 0 saturated carbocycles. The summed E-state index contributed by atoms with van der Waals surface area (Å²) in [7, 11) is 1.38. The summed E-state index contributed by atoms with van der Waals surface area (Å²) in [5.74, 6) is -0.0823. The number of nitrogens with zero attached hydrogens (tertiary/aromatic N) is 1. The quantitative estimate of drug-likeness (QED) is 0.810. The van der Waals surface area contributed by atoms with Gasteiger partial charge in [-0.1, -0.05) is 6.07 Å². The van der Waals surface area contributed by atoms with Gasteiger partial charge < -0.3 is 14.8 Å². The van der Waals surface area contributed by atoms with Crippen molar-refractivity contribution in [2.75, 3.05) is 40.0 Å². The molecule has 0 aromatic heterocycles. The lowest BCUT2D eigenvalue weighted by atomic mass is 10.00. The third-order valence-electron chi connectivity index (χ3n) is 3.77. The monoisotopic (exact) mass is 336 g/mol. The van der Waals surface area contributed by atoms with E-state index in [-0.39, 0.29) is 24.0 Å². The van der Waals surface area contributed by atoms with Crippen LogP contribution in [-0.4, -0.2) is 51.2 Å². The number of benzene rings is 1. The topological polar surface area (TPSA) is 33.7 Å². The van der Waals surface area contributed by atoms with E-state index in [1.807, 2.05) is 0 Å². The number of halogens is 4. The SMILES string of the molecule is COc1cc(OC(F)(F)F)ccc1[C@H](CCF)N1CCNCC1. The van der Waals surface area contributed by atoms with Crippen molar-refractivity contribution < 1.29 is 27.0 Å². The van der Waals surface area contributed by atoms with Gasteiger partial charge in [0.05, 0.1) is 13.8 Å². The molecule has 130 valence electrons. The van der Waals surface area contributed by atoms with Gasteiger partial charge >= 0.3 is 6.36 Å². The fraction of sp³-hybridized carbons (Fsp3) is 0.600. The average Bonchev–Trinajstić information content (AvgIpc) is 2.52. The summed E-state index contributed by atoms with van der Waals surface area (Å²) in [6.07, 6.45) is -4.50. The van der Waals surface area contributed by atoms with Crippen molar-refractivity contribution in [3.8, 4) is 11.5 Å². The van der Waals surface area contributed by atoms with E-state index in [9.17, 15) is 17.6 Å². The highest BCUT2D eigenvalue weighted by Crippen LogP contribution is 2.36. The van der Waals surface area contributed by atoms with E-state index in [2.05, 4.69) is 15.0 Å². The van der Waals surface area contributed by atoms with Crippen LogP contribution >= 0.6 is 0 Å². The van der Waals surface area contributed by atoms with E-state index in [0.717, 1.165) is 26.2 Å². The second-order valence-corrected chi connectivity index (χ2v) is 5.23. The van der Waals surface area contributed by atoms with Gasteiger partial charge in [-0.15, -0.1) is 13.2 Å². The fourth-order valence-electron chi connectivity index (χ4n) is 2.80. The van der Waals surface area contributed by atoms with Crippen LogP contribution < -0.4 is 14.8 Å². The number of methoxy groups -OCH3 is 1. The molecule has 4 nitrogen and oxygen atoms in total. The Morgan fingerprint density at radius 3 is 2.52 bits per heavy atom. The fourth-order valence-corrected chi connectivity index (χ4v) is 2.80. The zero-order valence-corrected chi connectivity index (χ0v) is 12.8. The minimum Gasteiger partial charge on any atom is -0.496 e. The molecule has 1 fully saturated rings. The molecule has 23 heavy (non-hydrogen) atoms.